The molecule has 0 saturated heterocycles. The lowest BCUT2D eigenvalue weighted by molar-refractivity contribution is 0.216. The van der Waals surface area contributed by atoms with E-state index in [1.807, 2.05) is 6.07 Å². The minimum absolute atomic E-state index is 0.0972. The van der Waals surface area contributed by atoms with Gasteiger partial charge in [0.2, 0.25) is 0 Å². The second kappa shape index (κ2) is 8.42. The first-order valence-corrected chi connectivity index (χ1v) is 8.42. The monoisotopic (exact) mass is 318 g/mol. The first-order valence-electron chi connectivity index (χ1n) is 8.42. The summed E-state index contributed by atoms with van der Waals surface area (Å²) in [5.41, 5.74) is 6.72. The Kier molecular flexibility index (Phi) is 6.27. The summed E-state index contributed by atoms with van der Waals surface area (Å²) in [7, 11) is 0. The number of amides is 2. The molecule has 0 spiro atoms. The number of nitrogens with two attached hydrogens (primary N) is 1. The number of rotatable bonds is 6. The van der Waals surface area contributed by atoms with E-state index in [1.54, 1.807) is 0 Å². The summed E-state index contributed by atoms with van der Waals surface area (Å²) in [5, 5.41) is 21.6. The molecular formula is C16H26N6O. The highest BCUT2D eigenvalue weighted by Crippen LogP contribution is 2.26. The van der Waals surface area contributed by atoms with Gasteiger partial charge in [-0.1, -0.05) is 26.2 Å². The van der Waals surface area contributed by atoms with Crippen LogP contribution in [0.5, 0.6) is 0 Å². The lowest BCUT2D eigenvalue weighted by Crippen LogP contribution is -2.46. The number of hydrogen-bond donors (Lipinski definition) is 4. The van der Waals surface area contributed by atoms with E-state index in [1.165, 1.54) is 19.3 Å². The number of nitrogen functional groups attached to an aromatic ring is 1. The molecular weight excluding hydrogens is 292 g/mol. The average Bonchev–Trinajstić information content (AvgIpc) is 2.92. The second-order valence-corrected chi connectivity index (χ2v) is 6.14. The van der Waals surface area contributed by atoms with Gasteiger partial charge < -0.3 is 16.4 Å². The molecule has 7 nitrogen and oxygen atoms in total. The van der Waals surface area contributed by atoms with Crippen molar-refractivity contribution < 1.29 is 4.79 Å². The van der Waals surface area contributed by atoms with Crippen LogP contribution < -0.4 is 16.4 Å². The number of carbonyl (C=O) groups excluding carboxylic acids is 1. The maximum atomic E-state index is 12.0. The van der Waals surface area contributed by atoms with Crippen LogP contribution in [-0.4, -0.2) is 28.8 Å². The number of urea groups is 1. The number of carbonyl (C=O) groups is 1. The van der Waals surface area contributed by atoms with E-state index in [-0.39, 0.29) is 11.8 Å². The normalized spacial score (nSPS) is 20.7. The number of aromatic nitrogens is 2. The van der Waals surface area contributed by atoms with Crippen LogP contribution in [0.2, 0.25) is 0 Å². The van der Waals surface area contributed by atoms with Crippen LogP contribution in [0, 0.1) is 17.2 Å². The number of anilines is 1. The number of nitrogens with zero attached hydrogens (tertiary/aromatic N) is 2. The summed E-state index contributed by atoms with van der Waals surface area (Å²) < 4.78 is 0. The lowest BCUT2D eigenvalue weighted by Gasteiger charge is -2.31. The number of nitrogens with one attached hydrogen (secondary N) is 3. The van der Waals surface area contributed by atoms with Crippen molar-refractivity contribution in [2.24, 2.45) is 5.92 Å². The van der Waals surface area contributed by atoms with Crippen molar-refractivity contribution in [3.05, 3.63) is 11.3 Å². The molecule has 0 aromatic carbocycles. The maximum absolute atomic E-state index is 12.0. The molecule has 126 valence electrons. The van der Waals surface area contributed by atoms with E-state index < -0.39 is 0 Å². The van der Waals surface area contributed by atoms with E-state index in [0.717, 1.165) is 25.0 Å². The zero-order valence-corrected chi connectivity index (χ0v) is 13.7. The van der Waals surface area contributed by atoms with Crippen molar-refractivity contribution in [1.29, 1.82) is 5.26 Å². The van der Waals surface area contributed by atoms with Crippen LogP contribution >= 0.6 is 0 Å². The van der Waals surface area contributed by atoms with Gasteiger partial charge in [-0.05, 0) is 31.6 Å². The predicted octanol–water partition coefficient (Wildman–Crippen LogP) is 2.06. The summed E-state index contributed by atoms with van der Waals surface area (Å²) in [6.45, 7) is 2.74. The molecule has 1 aromatic rings. The van der Waals surface area contributed by atoms with Crippen molar-refractivity contribution in [1.82, 2.24) is 20.8 Å². The van der Waals surface area contributed by atoms with Gasteiger partial charge in [0.25, 0.3) is 0 Å². The van der Waals surface area contributed by atoms with Crippen LogP contribution in [0.25, 0.3) is 0 Å². The van der Waals surface area contributed by atoms with E-state index in [0.29, 0.717) is 30.5 Å². The molecule has 1 aromatic heterocycles. The predicted molar refractivity (Wildman–Crippen MR) is 88.6 cm³/mol. The zero-order valence-electron chi connectivity index (χ0n) is 13.7. The molecule has 1 fully saturated rings. The molecule has 2 rings (SSSR count). The van der Waals surface area contributed by atoms with Gasteiger partial charge in [0.05, 0.1) is 5.69 Å². The molecule has 2 atom stereocenters. The molecule has 1 saturated carbocycles. The number of hydrogen-bond acceptors (Lipinski definition) is 4. The zero-order chi connectivity index (χ0) is 16.7. The molecule has 1 aliphatic rings. The summed E-state index contributed by atoms with van der Waals surface area (Å²) in [6, 6.07) is 2.24. The summed E-state index contributed by atoms with van der Waals surface area (Å²) in [5.74, 6) is 0.830. The van der Waals surface area contributed by atoms with Crippen molar-refractivity contribution in [2.75, 3.05) is 12.3 Å². The van der Waals surface area contributed by atoms with Crippen LogP contribution in [0.4, 0.5) is 10.6 Å². The molecule has 1 aliphatic carbocycles. The van der Waals surface area contributed by atoms with Gasteiger partial charge in [-0.3, -0.25) is 5.10 Å². The fourth-order valence-electron chi connectivity index (χ4n) is 3.27. The summed E-state index contributed by atoms with van der Waals surface area (Å²) >= 11 is 0. The van der Waals surface area contributed by atoms with E-state index in [2.05, 4.69) is 27.8 Å². The van der Waals surface area contributed by atoms with Gasteiger partial charge in [0.1, 0.15) is 11.6 Å². The van der Waals surface area contributed by atoms with E-state index in [4.69, 9.17) is 11.0 Å². The standard InChI is InChI=1S/C16H26N6O/c1-2-11-6-3-4-7-13(11)20-16(23)19-9-5-8-14-12(10-17)15(18)22-21-14/h11,13H,2-9H2,1H3,(H3,18,21,22)(H2,19,20,23). The first kappa shape index (κ1) is 17.1. The Hall–Kier alpha value is -2.23. The van der Waals surface area contributed by atoms with Crippen molar-refractivity contribution in [2.45, 2.75) is 57.9 Å². The summed E-state index contributed by atoms with van der Waals surface area (Å²) in [6.07, 6.45) is 7.22. The highest BCUT2D eigenvalue weighted by atomic mass is 16.2. The molecule has 5 N–H and O–H groups in total. The molecule has 23 heavy (non-hydrogen) atoms. The topological polar surface area (TPSA) is 120 Å². The lowest BCUT2D eigenvalue weighted by atomic mass is 9.83. The van der Waals surface area contributed by atoms with Gasteiger partial charge in [0.15, 0.2) is 5.82 Å². The SMILES string of the molecule is CCC1CCCCC1NC(=O)NCCCc1[nH]nc(N)c1C#N. The molecule has 0 bridgehead atoms. The van der Waals surface area contributed by atoms with Crippen LogP contribution in [0.1, 0.15) is 56.7 Å². The van der Waals surface area contributed by atoms with Gasteiger partial charge in [-0.25, -0.2) is 4.79 Å². The Balaban J connectivity index is 1.69. The highest BCUT2D eigenvalue weighted by Gasteiger charge is 2.24. The average molecular weight is 318 g/mol. The number of aryl methyl sites for hydroxylation is 1. The molecule has 1 heterocycles. The van der Waals surface area contributed by atoms with Crippen molar-refractivity contribution >= 4 is 11.8 Å². The Bertz CT molecular complexity index is 561. The second-order valence-electron chi connectivity index (χ2n) is 6.14. The third-order valence-corrected chi connectivity index (χ3v) is 4.62. The molecule has 0 aliphatic heterocycles. The smallest absolute Gasteiger partial charge is 0.315 e. The van der Waals surface area contributed by atoms with Gasteiger partial charge in [-0.2, -0.15) is 10.4 Å². The van der Waals surface area contributed by atoms with Crippen molar-refractivity contribution in [3.8, 4) is 6.07 Å². The number of H-pyrrole nitrogens is 1. The Morgan fingerprint density at radius 1 is 1.48 bits per heavy atom. The molecule has 2 amide bonds. The van der Waals surface area contributed by atoms with E-state index >= 15 is 0 Å². The first-order chi connectivity index (χ1) is 11.2. The third kappa shape index (κ3) is 4.62. The van der Waals surface area contributed by atoms with Crippen LogP contribution in [-0.2, 0) is 6.42 Å². The Morgan fingerprint density at radius 3 is 3.00 bits per heavy atom. The largest absolute Gasteiger partial charge is 0.381 e. The fraction of sp³-hybridized carbons (Fsp3) is 0.688. The minimum atomic E-state index is -0.0972. The van der Waals surface area contributed by atoms with Crippen LogP contribution in [0.3, 0.4) is 0 Å². The Morgan fingerprint density at radius 2 is 2.26 bits per heavy atom. The maximum Gasteiger partial charge on any atom is 0.315 e. The van der Waals surface area contributed by atoms with Gasteiger partial charge >= 0.3 is 6.03 Å². The fourth-order valence-corrected chi connectivity index (χ4v) is 3.27. The third-order valence-electron chi connectivity index (χ3n) is 4.62. The van der Waals surface area contributed by atoms with Gasteiger partial charge in [0, 0.05) is 12.6 Å². The van der Waals surface area contributed by atoms with Crippen molar-refractivity contribution in [3.63, 3.8) is 0 Å². The minimum Gasteiger partial charge on any atom is -0.381 e. The van der Waals surface area contributed by atoms with Crippen LogP contribution in [0.15, 0.2) is 0 Å². The molecule has 0 radical (unpaired) electrons. The molecule has 2 unspecified atom stereocenters. The quantitative estimate of drug-likeness (QED) is 0.600. The highest BCUT2D eigenvalue weighted by molar-refractivity contribution is 5.74. The summed E-state index contributed by atoms with van der Waals surface area (Å²) in [4.78, 5) is 12.0. The number of nitriles is 1. The van der Waals surface area contributed by atoms with E-state index in [9.17, 15) is 4.79 Å². The van der Waals surface area contributed by atoms with Gasteiger partial charge in [-0.15, -0.1) is 0 Å². The molecule has 7 heteroatoms. The number of aromatic amines is 1. The Labute approximate surface area is 137 Å².